The molecule has 0 aromatic carbocycles. The van der Waals surface area contributed by atoms with Crippen molar-refractivity contribution >= 4 is 14.5 Å². The maximum atomic E-state index is 9.75. The third-order valence-corrected chi connectivity index (χ3v) is 5.06. The Morgan fingerprint density at radius 1 is 0.305 bits per heavy atom. The second-order valence-electron chi connectivity index (χ2n) is 10.4. The SMILES string of the molecule is CCCn1cnnn1.CCCn1cnnn1.CCCn1cnnn1.CCCn1cnnn1.CCCn1cnnn1.CCCn1cnnn1.F[B-](F)(F)F.F[B-](F)(F)F.[Zn+2]. The van der Waals surface area contributed by atoms with Gasteiger partial charge < -0.3 is 34.5 Å². The fraction of sp³-hybridized carbons (Fsp3) is 0.750. The smallest absolute Gasteiger partial charge is 0.418 e. The van der Waals surface area contributed by atoms with Crippen LogP contribution in [0.3, 0.4) is 0 Å². The summed E-state index contributed by atoms with van der Waals surface area (Å²) < 4.78 is 88.2. The molecule has 0 saturated heterocycles. The topological polar surface area (TPSA) is 262 Å². The Kier molecular flexibility index (Phi) is 37.5. The molecule has 0 unspecified atom stereocenters. The zero-order valence-corrected chi connectivity index (χ0v) is 36.5. The van der Waals surface area contributed by atoms with E-state index < -0.39 is 14.5 Å². The Labute approximate surface area is 346 Å². The Hall–Kier alpha value is -5.39. The van der Waals surface area contributed by atoms with Crippen molar-refractivity contribution in [2.24, 2.45) is 0 Å². The van der Waals surface area contributed by atoms with Gasteiger partial charge in [-0.05, 0) is 101 Å². The zero-order valence-electron chi connectivity index (χ0n) is 33.6. The zero-order chi connectivity index (χ0) is 43.9. The minimum atomic E-state index is -6.00. The predicted molar refractivity (Wildman–Crippen MR) is 189 cm³/mol. The number of rotatable bonds is 12. The van der Waals surface area contributed by atoms with E-state index in [0.717, 1.165) is 77.8 Å². The fourth-order valence-corrected chi connectivity index (χ4v) is 3.07. The van der Waals surface area contributed by atoms with Gasteiger partial charge in [0, 0.05) is 39.3 Å². The summed E-state index contributed by atoms with van der Waals surface area (Å²) in [4.78, 5) is 0. The monoisotopic (exact) mass is 910 g/mol. The van der Waals surface area contributed by atoms with Crippen LogP contribution in [0.5, 0.6) is 0 Å². The van der Waals surface area contributed by atoms with Crippen LogP contribution >= 0.6 is 0 Å². The standard InChI is InChI=1S/6C4H8N4.2BF4.Zn/c6*1-2-3-8-4-5-6-7-8;2*2-1(3,4)5;/h6*4H,2-3H2,1H3;;;/q;;;;;;2*-1;+2. The molecule has 0 aliphatic carbocycles. The van der Waals surface area contributed by atoms with Gasteiger partial charge in [-0.3, -0.25) is 0 Å². The molecule has 0 spiro atoms. The average Bonchev–Trinajstić information content (AvgIpc) is 3.98. The quantitative estimate of drug-likeness (QED) is 0.126. The van der Waals surface area contributed by atoms with E-state index in [-0.39, 0.29) is 19.5 Å². The first-order valence-corrected chi connectivity index (χ1v) is 17.6. The number of aromatic nitrogens is 24. The second-order valence-corrected chi connectivity index (χ2v) is 10.4. The molecule has 59 heavy (non-hydrogen) atoms. The van der Waals surface area contributed by atoms with Crippen molar-refractivity contribution in [1.82, 2.24) is 121 Å². The molecule has 0 radical (unpaired) electrons. The molecule has 0 bridgehead atoms. The molecule has 6 aromatic rings. The van der Waals surface area contributed by atoms with E-state index in [1.807, 2.05) is 0 Å². The number of hydrogen-bond acceptors (Lipinski definition) is 18. The van der Waals surface area contributed by atoms with Gasteiger partial charge >= 0.3 is 34.0 Å². The summed E-state index contributed by atoms with van der Waals surface area (Å²) in [5, 5.41) is 63.6. The Morgan fingerprint density at radius 2 is 0.424 bits per heavy atom. The molecule has 0 aliphatic heterocycles. The Bertz CT molecular complexity index is 1290. The van der Waals surface area contributed by atoms with E-state index in [0.29, 0.717) is 0 Å². The first-order chi connectivity index (χ1) is 27.6. The molecule has 24 nitrogen and oxygen atoms in total. The molecular weight excluding hydrogens is 863 g/mol. The molecule has 35 heteroatoms. The van der Waals surface area contributed by atoms with Crippen molar-refractivity contribution < 1.29 is 54.0 Å². The van der Waals surface area contributed by atoms with Gasteiger partial charge in [0.1, 0.15) is 38.0 Å². The summed E-state index contributed by atoms with van der Waals surface area (Å²) in [6.07, 6.45) is 16.1. The second kappa shape index (κ2) is 38.1. The van der Waals surface area contributed by atoms with Gasteiger partial charge in [-0.2, -0.15) is 0 Å². The van der Waals surface area contributed by atoms with Crippen LogP contribution in [0, 0.1) is 0 Å². The van der Waals surface area contributed by atoms with Crippen molar-refractivity contribution in [3.8, 4) is 0 Å². The molecule has 6 heterocycles. The minimum absolute atomic E-state index is 0. The van der Waals surface area contributed by atoms with Gasteiger partial charge in [-0.1, -0.05) is 41.5 Å². The van der Waals surface area contributed by atoms with Crippen LogP contribution in [0.25, 0.3) is 0 Å². The van der Waals surface area contributed by atoms with Gasteiger partial charge in [-0.15, -0.1) is 30.6 Å². The number of hydrogen-bond donors (Lipinski definition) is 0. The van der Waals surface area contributed by atoms with Crippen LogP contribution in [0.4, 0.5) is 34.5 Å². The third-order valence-electron chi connectivity index (χ3n) is 5.06. The van der Waals surface area contributed by atoms with Gasteiger partial charge in [-0.25, -0.2) is 28.1 Å². The van der Waals surface area contributed by atoms with Crippen molar-refractivity contribution in [3.63, 3.8) is 0 Å². The summed E-state index contributed by atoms with van der Waals surface area (Å²) in [7, 11) is -12.0. The molecule has 0 saturated carbocycles. The van der Waals surface area contributed by atoms with E-state index in [1.165, 1.54) is 0 Å². The van der Waals surface area contributed by atoms with Gasteiger partial charge in [0.15, 0.2) is 0 Å². The van der Waals surface area contributed by atoms with E-state index in [4.69, 9.17) is 0 Å². The summed E-state index contributed by atoms with van der Waals surface area (Å²) in [6, 6.07) is 0. The van der Waals surface area contributed by atoms with Crippen molar-refractivity contribution in [2.75, 3.05) is 0 Å². The number of halogens is 8. The Balaban J connectivity index is -0.000000610. The maximum absolute atomic E-state index is 9.75. The van der Waals surface area contributed by atoms with Crippen molar-refractivity contribution in [1.29, 1.82) is 0 Å². The molecule has 6 rings (SSSR count). The van der Waals surface area contributed by atoms with Gasteiger partial charge in [0.25, 0.3) is 0 Å². The largest absolute Gasteiger partial charge is 2.00 e. The molecule has 328 valence electrons. The summed E-state index contributed by atoms with van der Waals surface area (Å²) in [5.41, 5.74) is 0. The van der Waals surface area contributed by atoms with E-state index in [2.05, 4.69) is 135 Å². The van der Waals surface area contributed by atoms with Crippen LogP contribution in [-0.2, 0) is 58.7 Å². The van der Waals surface area contributed by atoms with Crippen LogP contribution in [0.1, 0.15) is 80.1 Å². The van der Waals surface area contributed by atoms with Crippen LogP contribution in [-0.4, -0.2) is 136 Å². The van der Waals surface area contributed by atoms with Crippen molar-refractivity contribution in [2.45, 2.75) is 119 Å². The first-order valence-electron chi connectivity index (χ1n) is 17.6. The first kappa shape index (κ1) is 57.9. The number of aryl methyl sites for hydroxylation is 6. The van der Waals surface area contributed by atoms with Gasteiger partial charge in [0.2, 0.25) is 0 Å². The van der Waals surface area contributed by atoms with E-state index in [9.17, 15) is 34.5 Å². The molecule has 0 atom stereocenters. The van der Waals surface area contributed by atoms with Crippen LogP contribution in [0.15, 0.2) is 38.0 Å². The maximum Gasteiger partial charge on any atom is 2.00 e. The van der Waals surface area contributed by atoms with E-state index in [1.54, 1.807) is 66.1 Å². The summed E-state index contributed by atoms with van der Waals surface area (Å²) in [5.74, 6) is 0. The Morgan fingerprint density at radius 3 is 0.492 bits per heavy atom. The fourth-order valence-electron chi connectivity index (χ4n) is 3.07. The van der Waals surface area contributed by atoms with Gasteiger partial charge in [0.05, 0.1) is 0 Å². The van der Waals surface area contributed by atoms with Crippen molar-refractivity contribution in [3.05, 3.63) is 38.0 Å². The number of tetrazole rings is 6. The summed E-state index contributed by atoms with van der Waals surface area (Å²) >= 11 is 0. The van der Waals surface area contributed by atoms with Crippen LogP contribution in [0.2, 0.25) is 0 Å². The molecule has 0 aliphatic rings. The van der Waals surface area contributed by atoms with E-state index >= 15 is 0 Å². The summed E-state index contributed by atoms with van der Waals surface area (Å²) in [6.45, 7) is 18.0. The molecular formula is C24H48B2F8N24Zn. The normalized spacial score (nSPS) is 9.86. The van der Waals surface area contributed by atoms with Crippen LogP contribution < -0.4 is 0 Å². The molecule has 0 N–H and O–H groups in total. The predicted octanol–water partition coefficient (Wildman–Crippen LogP) is 3.10. The molecule has 0 fully saturated rings. The average molecular weight is 912 g/mol. The molecule has 6 aromatic heterocycles. The minimum Gasteiger partial charge on any atom is -0.418 e. The number of nitrogens with zero attached hydrogens (tertiary/aromatic N) is 24. The third kappa shape index (κ3) is 45.2. The molecule has 0 amide bonds.